The van der Waals surface area contributed by atoms with Crippen molar-refractivity contribution in [1.29, 1.82) is 0 Å². The van der Waals surface area contributed by atoms with Crippen molar-refractivity contribution in [2.75, 3.05) is 7.11 Å². The van der Waals surface area contributed by atoms with Crippen molar-refractivity contribution in [3.8, 4) is 17.4 Å². The molecule has 2 amide bonds. The third-order valence-corrected chi connectivity index (χ3v) is 7.79. The predicted octanol–water partition coefficient (Wildman–Crippen LogP) is 7.73. The van der Waals surface area contributed by atoms with Gasteiger partial charge in [0.15, 0.2) is 11.5 Å². The zero-order chi connectivity index (χ0) is 33.8. The van der Waals surface area contributed by atoms with Crippen LogP contribution in [0, 0.1) is 5.82 Å². The minimum Gasteiger partial charge on any atom is -0.494 e. The second-order valence-electron chi connectivity index (χ2n) is 11.3. The number of halogens is 1. The van der Waals surface area contributed by atoms with Gasteiger partial charge >= 0.3 is 12.2 Å². The number of hydrogen-bond donors (Lipinski definition) is 2. The summed E-state index contributed by atoms with van der Waals surface area (Å²) in [4.78, 5) is 30.3. The number of ether oxygens (including phenoxy) is 3. The molecule has 2 heterocycles. The SMILES string of the molecule is COC(=O)N(NC(=O)Oc1c2cccnc2c(OC(c2ccccc2)c2ccccc2)c2c(O)n(Cc3ccc(F)cc3)cc12)C(C)C. The molecule has 0 aliphatic rings. The van der Waals surface area contributed by atoms with Crippen molar-refractivity contribution in [1.82, 2.24) is 20.0 Å². The number of hydrogen-bond acceptors (Lipinski definition) is 7. The summed E-state index contributed by atoms with van der Waals surface area (Å²) in [6, 6.07) is 28.2. The van der Waals surface area contributed by atoms with Crippen LogP contribution in [-0.4, -0.2) is 45.0 Å². The molecule has 0 saturated heterocycles. The van der Waals surface area contributed by atoms with Gasteiger partial charge in [-0.1, -0.05) is 72.8 Å². The molecule has 10 nitrogen and oxygen atoms in total. The lowest BCUT2D eigenvalue weighted by Gasteiger charge is -2.25. The lowest BCUT2D eigenvalue weighted by atomic mass is 10.0. The molecular weight excluding hydrogens is 615 g/mol. The molecule has 0 atom stereocenters. The van der Waals surface area contributed by atoms with E-state index in [1.165, 1.54) is 19.2 Å². The molecule has 244 valence electrons. The number of amides is 2. The highest BCUT2D eigenvalue weighted by Gasteiger charge is 2.29. The van der Waals surface area contributed by atoms with E-state index in [2.05, 4.69) is 10.4 Å². The van der Waals surface area contributed by atoms with Gasteiger partial charge in [-0.15, -0.1) is 0 Å². The van der Waals surface area contributed by atoms with E-state index in [1.807, 2.05) is 60.7 Å². The van der Waals surface area contributed by atoms with Gasteiger partial charge in [-0.25, -0.2) is 24.4 Å². The zero-order valence-corrected chi connectivity index (χ0v) is 26.5. The molecule has 0 fully saturated rings. The number of nitrogens with one attached hydrogen (secondary N) is 1. The normalized spacial score (nSPS) is 11.2. The van der Waals surface area contributed by atoms with Crippen molar-refractivity contribution in [3.05, 3.63) is 132 Å². The standard InChI is InChI=1S/C37H33FN4O6/c1-23(2)42(37(45)46-3)40-36(44)48-33-28-15-10-20-39-31(28)34(47-32(25-11-6-4-7-12-25)26-13-8-5-9-14-26)30-29(33)22-41(35(30)43)21-24-16-18-27(38)19-17-24/h4-20,22-23,32,43H,21H2,1-3H3,(H,40,44). The van der Waals surface area contributed by atoms with Gasteiger partial charge in [-0.3, -0.25) is 4.98 Å². The zero-order valence-electron chi connectivity index (χ0n) is 26.5. The second kappa shape index (κ2) is 13.7. The molecule has 0 unspecified atom stereocenters. The molecule has 0 bridgehead atoms. The van der Waals surface area contributed by atoms with Gasteiger partial charge in [0.05, 0.1) is 30.5 Å². The number of pyridine rings is 1. The van der Waals surface area contributed by atoms with Gasteiger partial charge in [-0.2, -0.15) is 0 Å². The van der Waals surface area contributed by atoms with E-state index >= 15 is 0 Å². The second-order valence-corrected chi connectivity index (χ2v) is 11.3. The van der Waals surface area contributed by atoms with E-state index < -0.39 is 24.3 Å². The lowest BCUT2D eigenvalue weighted by molar-refractivity contribution is 0.0825. The van der Waals surface area contributed by atoms with Gasteiger partial charge in [0.2, 0.25) is 5.88 Å². The molecule has 0 spiro atoms. The summed E-state index contributed by atoms with van der Waals surface area (Å²) in [5.41, 5.74) is 5.21. The minimum absolute atomic E-state index is 0.0793. The highest BCUT2D eigenvalue weighted by molar-refractivity contribution is 6.12. The maximum atomic E-state index is 13.7. The quantitative estimate of drug-likeness (QED) is 0.162. The van der Waals surface area contributed by atoms with E-state index in [1.54, 1.807) is 55.1 Å². The van der Waals surface area contributed by atoms with Crippen LogP contribution in [0.5, 0.6) is 17.4 Å². The van der Waals surface area contributed by atoms with Crippen LogP contribution in [0.3, 0.4) is 0 Å². The van der Waals surface area contributed by atoms with Crippen molar-refractivity contribution in [3.63, 3.8) is 0 Å². The van der Waals surface area contributed by atoms with Crippen LogP contribution in [0.25, 0.3) is 21.7 Å². The summed E-state index contributed by atoms with van der Waals surface area (Å²) in [6.45, 7) is 3.56. The molecule has 6 aromatic rings. The number of nitrogens with zero attached hydrogens (tertiary/aromatic N) is 3. The van der Waals surface area contributed by atoms with Crippen molar-refractivity contribution in [2.24, 2.45) is 0 Å². The fraction of sp³-hybridized carbons (Fsp3) is 0.162. The molecule has 4 aromatic carbocycles. The third-order valence-electron chi connectivity index (χ3n) is 7.79. The maximum Gasteiger partial charge on any atom is 0.431 e. The molecule has 2 N–H and O–H groups in total. The molecule has 0 aliphatic carbocycles. The van der Waals surface area contributed by atoms with Crippen LogP contribution in [-0.2, 0) is 11.3 Å². The Morgan fingerprint density at radius 1 is 0.896 bits per heavy atom. The number of fused-ring (bicyclic) bond motifs is 2. The molecule has 48 heavy (non-hydrogen) atoms. The van der Waals surface area contributed by atoms with Gasteiger partial charge in [0.25, 0.3) is 0 Å². The van der Waals surface area contributed by atoms with Crippen molar-refractivity contribution >= 4 is 33.9 Å². The van der Waals surface area contributed by atoms with Gasteiger partial charge < -0.3 is 23.9 Å². The Morgan fingerprint density at radius 2 is 1.54 bits per heavy atom. The smallest absolute Gasteiger partial charge is 0.431 e. The predicted molar refractivity (Wildman–Crippen MR) is 178 cm³/mol. The number of aromatic hydroxyl groups is 1. The highest BCUT2D eigenvalue weighted by Crippen LogP contribution is 2.48. The van der Waals surface area contributed by atoms with E-state index in [-0.39, 0.29) is 35.1 Å². The van der Waals surface area contributed by atoms with Gasteiger partial charge in [-0.05, 0) is 54.8 Å². The molecule has 11 heteroatoms. The summed E-state index contributed by atoms with van der Waals surface area (Å²) in [7, 11) is 1.21. The first kappa shape index (κ1) is 31.9. The van der Waals surface area contributed by atoms with Gasteiger partial charge in [0, 0.05) is 17.8 Å². The van der Waals surface area contributed by atoms with Crippen LogP contribution >= 0.6 is 0 Å². The average Bonchev–Trinajstić information content (AvgIpc) is 3.43. The lowest BCUT2D eigenvalue weighted by Crippen LogP contribution is -2.50. The largest absolute Gasteiger partial charge is 0.494 e. The third kappa shape index (κ3) is 6.43. The molecule has 0 aliphatic heterocycles. The first-order valence-corrected chi connectivity index (χ1v) is 15.2. The van der Waals surface area contributed by atoms with Crippen LogP contribution in [0.15, 0.2) is 109 Å². The number of aromatic nitrogens is 2. The summed E-state index contributed by atoms with van der Waals surface area (Å²) in [5, 5.41) is 13.8. The van der Waals surface area contributed by atoms with Crippen LogP contribution in [0.2, 0.25) is 0 Å². The topological polar surface area (TPSA) is 115 Å². The average molecular weight is 649 g/mol. The summed E-state index contributed by atoms with van der Waals surface area (Å²) >= 11 is 0. The highest BCUT2D eigenvalue weighted by atomic mass is 19.1. The number of rotatable bonds is 8. The number of benzene rings is 4. The van der Waals surface area contributed by atoms with Crippen LogP contribution in [0.1, 0.15) is 36.6 Å². The molecule has 0 radical (unpaired) electrons. The Morgan fingerprint density at radius 3 is 2.15 bits per heavy atom. The van der Waals surface area contributed by atoms with Gasteiger partial charge in [0.1, 0.15) is 17.4 Å². The van der Waals surface area contributed by atoms with E-state index in [4.69, 9.17) is 14.2 Å². The first-order chi connectivity index (χ1) is 23.2. The van der Waals surface area contributed by atoms with E-state index in [0.29, 0.717) is 16.3 Å². The molecular formula is C37H33FN4O6. The fourth-order valence-electron chi connectivity index (χ4n) is 5.51. The summed E-state index contributed by atoms with van der Waals surface area (Å²) in [5.74, 6) is -0.221. The molecule has 2 aromatic heterocycles. The Hall–Kier alpha value is -6.10. The number of methoxy groups -OCH3 is 1. The Bertz CT molecular complexity index is 2030. The number of carbonyl (C=O) groups is 2. The molecule has 0 saturated carbocycles. The summed E-state index contributed by atoms with van der Waals surface area (Å²) < 4.78 is 32.8. The number of carbonyl (C=O) groups excluding carboxylic acids is 2. The molecule has 6 rings (SSSR count). The van der Waals surface area contributed by atoms with Crippen molar-refractivity contribution in [2.45, 2.75) is 32.5 Å². The monoisotopic (exact) mass is 648 g/mol. The number of hydrazine groups is 1. The summed E-state index contributed by atoms with van der Waals surface area (Å²) in [6.07, 6.45) is 0.867. The van der Waals surface area contributed by atoms with Crippen LogP contribution in [0.4, 0.5) is 14.0 Å². The fourth-order valence-corrected chi connectivity index (χ4v) is 5.51. The maximum absolute atomic E-state index is 13.7. The Labute approximate surface area is 275 Å². The van der Waals surface area contributed by atoms with E-state index in [9.17, 15) is 19.1 Å². The minimum atomic E-state index is -0.966. The van der Waals surface area contributed by atoms with E-state index in [0.717, 1.165) is 21.7 Å². The Balaban J connectivity index is 1.54. The van der Waals surface area contributed by atoms with Crippen molar-refractivity contribution < 1.29 is 33.3 Å². The first-order valence-electron chi connectivity index (χ1n) is 15.2. The van der Waals surface area contributed by atoms with Crippen LogP contribution < -0.4 is 14.9 Å². The Kier molecular flexibility index (Phi) is 9.11.